The van der Waals surface area contributed by atoms with Gasteiger partial charge in [-0.15, -0.1) is 0 Å². The molecule has 0 saturated carbocycles. The third kappa shape index (κ3) is 5.28. The van der Waals surface area contributed by atoms with Crippen LogP contribution in [0.5, 0.6) is 0 Å². The molecule has 2 rings (SSSR count). The van der Waals surface area contributed by atoms with Crippen molar-refractivity contribution in [2.75, 3.05) is 46.3 Å². The second-order valence-corrected chi connectivity index (χ2v) is 5.83. The number of carbonyl (C=O) groups excluding carboxylic acids is 1. The van der Waals surface area contributed by atoms with Crippen molar-refractivity contribution >= 4 is 11.5 Å². The van der Waals surface area contributed by atoms with E-state index in [4.69, 9.17) is 0 Å². The first kappa shape index (κ1) is 16.7. The molecule has 1 heterocycles. The Morgan fingerprint density at radius 2 is 1.86 bits per heavy atom. The number of nitrogens with zero attached hydrogens (tertiary/aromatic N) is 2. The molecule has 0 atom stereocenters. The van der Waals surface area contributed by atoms with E-state index >= 15 is 0 Å². The summed E-state index contributed by atoms with van der Waals surface area (Å²) >= 11 is 0. The van der Waals surface area contributed by atoms with Crippen molar-refractivity contribution in [3.05, 3.63) is 42.0 Å². The molecule has 120 valence electrons. The van der Waals surface area contributed by atoms with Gasteiger partial charge in [-0.3, -0.25) is 9.69 Å². The van der Waals surface area contributed by atoms with Crippen LogP contribution in [-0.2, 0) is 4.79 Å². The number of piperazine rings is 1. The summed E-state index contributed by atoms with van der Waals surface area (Å²) in [4.78, 5) is 16.8. The molecule has 22 heavy (non-hydrogen) atoms. The van der Waals surface area contributed by atoms with Gasteiger partial charge in [-0.25, -0.2) is 0 Å². The zero-order chi connectivity index (χ0) is 15.8. The molecule has 0 unspecified atom stereocenters. The van der Waals surface area contributed by atoms with Gasteiger partial charge in [0, 0.05) is 45.3 Å². The SMILES string of the molecule is CC/C(=C\C(=O)NCCN1CCN(C)CC1)c1ccccc1. The van der Waals surface area contributed by atoms with Crippen LogP contribution in [0.3, 0.4) is 0 Å². The van der Waals surface area contributed by atoms with E-state index in [-0.39, 0.29) is 5.91 Å². The molecule has 1 N–H and O–H groups in total. The van der Waals surface area contributed by atoms with Crippen LogP contribution in [0.15, 0.2) is 36.4 Å². The fourth-order valence-electron chi connectivity index (χ4n) is 2.66. The molecule has 1 saturated heterocycles. The minimum absolute atomic E-state index is 0.00910. The Balaban J connectivity index is 1.78. The summed E-state index contributed by atoms with van der Waals surface area (Å²) in [6.07, 6.45) is 2.59. The summed E-state index contributed by atoms with van der Waals surface area (Å²) in [6, 6.07) is 10.1. The molecule has 0 spiro atoms. The predicted molar refractivity (Wildman–Crippen MR) is 91.7 cm³/mol. The van der Waals surface area contributed by atoms with Crippen LogP contribution in [-0.4, -0.2) is 62.0 Å². The highest BCUT2D eigenvalue weighted by atomic mass is 16.1. The molecular weight excluding hydrogens is 274 g/mol. The number of nitrogens with one attached hydrogen (secondary N) is 1. The maximum absolute atomic E-state index is 12.1. The van der Waals surface area contributed by atoms with Crippen LogP contribution in [0, 0.1) is 0 Å². The monoisotopic (exact) mass is 301 g/mol. The Bertz CT molecular complexity index is 490. The molecule has 0 aromatic heterocycles. The summed E-state index contributed by atoms with van der Waals surface area (Å²) in [7, 11) is 2.15. The van der Waals surface area contributed by atoms with Gasteiger partial charge in [-0.1, -0.05) is 37.3 Å². The maximum Gasteiger partial charge on any atom is 0.244 e. The Labute approximate surface area is 133 Å². The van der Waals surface area contributed by atoms with E-state index in [1.165, 1.54) is 0 Å². The first-order chi connectivity index (χ1) is 10.7. The summed E-state index contributed by atoms with van der Waals surface area (Å²) in [5.74, 6) is 0.00910. The average molecular weight is 301 g/mol. The largest absolute Gasteiger partial charge is 0.351 e. The third-order valence-corrected chi connectivity index (χ3v) is 4.15. The van der Waals surface area contributed by atoms with Gasteiger partial charge in [0.1, 0.15) is 0 Å². The van der Waals surface area contributed by atoms with E-state index in [1.54, 1.807) is 6.08 Å². The highest BCUT2D eigenvalue weighted by Crippen LogP contribution is 2.16. The molecule has 1 amide bonds. The summed E-state index contributed by atoms with van der Waals surface area (Å²) < 4.78 is 0. The minimum Gasteiger partial charge on any atom is -0.351 e. The van der Waals surface area contributed by atoms with Gasteiger partial charge >= 0.3 is 0 Å². The Hall–Kier alpha value is -1.65. The van der Waals surface area contributed by atoms with Gasteiger partial charge in [-0.05, 0) is 24.6 Å². The standard InChI is InChI=1S/C18H27N3O/c1-3-16(17-7-5-4-6-8-17)15-18(22)19-9-10-21-13-11-20(2)12-14-21/h4-8,15H,3,9-14H2,1-2H3,(H,19,22)/b16-15+. The maximum atomic E-state index is 12.1. The van der Waals surface area contributed by atoms with Gasteiger partial charge in [-0.2, -0.15) is 0 Å². The lowest BCUT2D eigenvalue weighted by Gasteiger charge is -2.32. The number of allylic oxidation sites excluding steroid dienone is 1. The summed E-state index contributed by atoms with van der Waals surface area (Å²) in [5, 5.41) is 3.01. The van der Waals surface area contributed by atoms with Crippen molar-refractivity contribution in [2.24, 2.45) is 0 Å². The fraction of sp³-hybridized carbons (Fsp3) is 0.500. The number of rotatable bonds is 6. The second kappa shape index (κ2) is 8.71. The van der Waals surface area contributed by atoms with E-state index in [9.17, 15) is 4.79 Å². The smallest absolute Gasteiger partial charge is 0.244 e. The zero-order valence-electron chi connectivity index (χ0n) is 13.7. The molecule has 4 heteroatoms. The molecule has 0 radical (unpaired) electrons. The van der Waals surface area contributed by atoms with Crippen LogP contribution < -0.4 is 5.32 Å². The molecule has 1 aromatic carbocycles. The van der Waals surface area contributed by atoms with E-state index in [0.717, 1.165) is 50.3 Å². The van der Waals surface area contributed by atoms with Crippen molar-refractivity contribution in [3.8, 4) is 0 Å². The van der Waals surface area contributed by atoms with Crippen molar-refractivity contribution in [1.29, 1.82) is 0 Å². The van der Waals surface area contributed by atoms with Gasteiger partial charge in [0.05, 0.1) is 0 Å². The summed E-state index contributed by atoms with van der Waals surface area (Å²) in [6.45, 7) is 8.13. The Kier molecular flexibility index (Phi) is 6.62. The quantitative estimate of drug-likeness (QED) is 0.815. The Morgan fingerprint density at radius 3 is 2.50 bits per heavy atom. The third-order valence-electron chi connectivity index (χ3n) is 4.15. The van der Waals surface area contributed by atoms with E-state index in [0.29, 0.717) is 6.54 Å². The average Bonchev–Trinajstić information content (AvgIpc) is 2.55. The van der Waals surface area contributed by atoms with Gasteiger partial charge in [0.2, 0.25) is 5.91 Å². The lowest BCUT2D eigenvalue weighted by Crippen LogP contribution is -2.46. The number of likely N-dealkylation sites (N-methyl/N-ethyl adjacent to an activating group) is 1. The number of hydrogen-bond donors (Lipinski definition) is 1. The van der Waals surface area contributed by atoms with E-state index in [2.05, 4.69) is 29.1 Å². The molecule has 1 aromatic rings. The molecule has 1 fully saturated rings. The highest BCUT2D eigenvalue weighted by Gasteiger charge is 2.13. The zero-order valence-corrected chi connectivity index (χ0v) is 13.7. The fourth-order valence-corrected chi connectivity index (χ4v) is 2.66. The highest BCUT2D eigenvalue weighted by molar-refractivity contribution is 5.95. The van der Waals surface area contributed by atoms with E-state index < -0.39 is 0 Å². The lowest BCUT2D eigenvalue weighted by molar-refractivity contribution is -0.116. The van der Waals surface area contributed by atoms with Crippen molar-refractivity contribution in [1.82, 2.24) is 15.1 Å². The number of benzene rings is 1. The van der Waals surface area contributed by atoms with Gasteiger partial charge < -0.3 is 10.2 Å². The molecule has 4 nitrogen and oxygen atoms in total. The number of amides is 1. The van der Waals surface area contributed by atoms with Crippen molar-refractivity contribution in [2.45, 2.75) is 13.3 Å². The van der Waals surface area contributed by atoms with Crippen LogP contribution in [0.4, 0.5) is 0 Å². The first-order valence-corrected chi connectivity index (χ1v) is 8.13. The van der Waals surface area contributed by atoms with Gasteiger partial charge in [0.25, 0.3) is 0 Å². The lowest BCUT2D eigenvalue weighted by atomic mass is 10.0. The molecule has 0 bridgehead atoms. The Morgan fingerprint density at radius 1 is 1.18 bits per heavy atom. The van der Waals surface area contributed by atoms with Crippen LogP contribution in [0.2, 0.25) is 0 Å². The van der Waals surface area contributed by atoms with Crippen molar-refractivity contribution in [3.63, 3.8) is 0 Å². The summed E-state index contributed by atoms with van der Waals surface area (Å²) in [5.41, 5.74) is 2.21. The van der Waals surface area contributed by atoms with Crippen molar-refractivity contribution < 1.29 is 4.79 Å². The van der Waals surface area contributed by atoms with E-state index in [1.807, 2.05) is 30.3 Å². The second-order valence-electron chi connectivity index (χ2n) is 5.83. The topological polar surface area (TPSA) is 35.6 Å². The van der Waals surface area contributed by atoms with Crippen LogP contribution in [0.1, 0.15) is 18.9 Å². The van der Waals surface area contributed by atoms with Gasteiger partial charge in [0.15, 0.2) is 0 Å². The normalized spacial score (nSPS) is 17.5. The molecule has 1 aliphatic heterocycles. The van der Waals surface area contributed by atoms with Crippen LogP contribution in [0.25, 0.3) is 5.57 Å². The minimum atomic E-state index is 0.00910. The van der Waals surface area contributed by atoms with Crippen LogP contribution >= 0.6 is 0 Å². The molecular formula is C18H27N3O. The predicted octanol–water partition coefficient (Wildman–Crippen LogP) is 1.84. The first-order valence-electron chi connectivity index (χ1n) is 8.13. The molecule has 0 aliphatic carbocycles. The number of carbonyl (C=O) groups is 1. The molecule has 1 aliphatic rings. The number of hydrogen-bond acceptors (Lipinski definition) is 3.